The van der Waals surface area contributed by atoms with Crippen molar-refractivity contribution in [2.45, 2.75) is 39.9 Å². The number of aromatic amines is 1. The van der Waals surface area contributed by atoms with Crippen molar-refractivity contribution >= 4 is 22.8 Å². The second-order valence-corrected chi connectivity index (χ2v) is 5.90. The van der Waals surface area contributed by atoms with Gasteiger partial charge in [0.1, 0.15) is 11.8 Å². The van der Waals surface area contributed by atoms with Crippen LogP contribution in [0.2, 0.25) is 0 Å². The van der Waals surface area contributed by atoms with E-state index >= 15 is 0 Å². The maximum atomic E-state index is 11.8. The molecule has 2 atom stereocenters. The molecule has 2 unspecified atom stereocenters. The Morgan fingerprint density at radius 1 is 1.33 bits per heavy atom. The number of H-pyrrole nitrogens is 1. The third-order valence-electron chi connectivity index (χ3n) is 3.09. The molecule has 0 aliphatic rings. The molecule has 0 saturated carbocycles. The molecule has 1 aromatic rings. The van der Waals surface area contributed by atoms with Gasteiger partial charge in [0.05, 0.1) is 12.7 Å². The van der Waals surface area contributed by atoms with Gasteiger partial charge >= 0.3 is 5.97 Å². The first kappa shape index (κ1) is 17.7. The number of hydrogen-bond donors (Lipinski definition) is 3. The van der Waals surface area contributed by atoms with Crippen LogP contribution in [-0.2, 0) is 9.53 Å². The Labute approximate surface area is 127 Å². The number of ether oxygens (including phenoxy) is 1. The lowest BCUT2D eigenvalue weighted by molar-refractivity contribution is -0.109. The van der Waals surface area contributed by atoms with E-state index in [9.17, 15) is 19.8 Å². The minimum atomic E-state index is -1.17. The number of aryl methyl sites for hydroxylation is 1. The van der Waals surface area contributed by atoms with Crippen molar-refractivity contribution in [3.63, 3.8) is 0 Å². The summed E-state index contributed by atoms with van der Waals surface area (Å²) in [5.41, 5.74) is 1.88. The first-order chi connectivity index (χ1) is 9.79. The van der Waals surface area contributed by atoms with Crippen molar-refractivity contribution < 1.29 is 24.5 Å². The minimum Gasteiger partial charge on any atom is -0.461 e. The number of thioether (sulfide) groups is 1. The predicted molar refractivity (Wildman–Crippen MR) is 80.3 cm³/mol. The van der Waals surface area contributed by atoms with Gasteiger partial charge in [0, 0.05) is 23.9 Å². The van der Waals surface area contributed by atoms with Gasteiger partial charge in [0.2, 0.25) is 0 Å². The van der Waals surface area contributed by atoms with Gasteiger partial charge < -0.3 is 19.9 Å². The number of aromatic nitrogens is 1. The van der Waals surface area contributed by atoms with Crippen LogP contribution >= 0.6 is 11.8 Å². The van der Waals surface area contributed by atoms with E-state index < -0.39 is 18.2 Å². The molecule has 3 N–H and O–H groups in total. The molecule has 21 heavy (non-hydrogen) atoms. The molecule has 1 aromatic heterocycles. The van der Waals surface area contributed by atoms with E-state index in [1.165, 1.54) is 6.92 Å². The molecule has 118 valence electrons. The Hall–Kier alpha value is -1.31. The minimum absolute atomic E-state index is 0.0926. The van der Waals surface area contributed by atoms with E-state index in [2.05, 4.69) is 4.98 Å². The normalized spacial score (nSPS) is 13.8. The maximum absolute atomic E-state index is 11.8. The lowest BCUT2D eigenvalue weighted by Crippen LogP contribution is -2.22. The summed E-state index contributed by atoms with van der Waals surface area (Å²) in [6, 6.07) is 0. The number of nitrogens with one attached hydrogen (secondary N) is 1. The highest BCUT2D eigenvalue weighted by atomic mass is 32.2. The third kappa shape index (κ3) is 4.33. The molecule has 7 heteroatoms. The van der Waals surface area contributed by atoms with Crippen molar-refractivity contribution in [3.05, 3.63) is 22.5 Å². The molecule has 0 spiro atoms. The Bertz CT molecular complexity index is 526. The zero-order valence-electron chi connectivity index (χ0n) is 12.6. The van der Waals surface area contributed by atoms with Crippen molar-refractivity contribution in [1.29, 1.82) is 0 Å². The molecule has 0 fully saturated rings. The summed E-state index contributed by atoms with van der Waals surface area (Å²) >= 11 is 0.945. The summed E-state index contributed by atoms with van der Waals surface area (Å²) in [6.45, 7) is 6.75. The number of carbonyl (C=O) groups is 2. The standard InChI is InChI=1S/C14H21NO5S/c1-5-20-14(19)12-7(2)11(8(3)15-12)13(18)10(17)6-21-9(4)16/h10,13,15,17-18H,5-6H2,1-4H3. The molecule has 0 bridgehead atoms. The average molecular weight is 315 g/mol. The Balaban J connectivity index is 2.97. The number of carbonyl (C=O) groups excluding carboxylic acids is 2. The second-order valence-electron chi connectivity index (χ2n) is 4.70. The fraction of sp³-hybridized carbons (Fsp3) is 0.571. The van der Waals surface area contributed by atoms with Crippen LogP contribution in [0.3, 0.4) is 0 Å². The number of esters is 1. The van der Waals surface area contributed by atoms with E-state index in [1.807, 2.05) is 0 Å². The zero-order chi connectivity index (χ0) is 16.2. The quantitative estimate of drug-likeness (QED) is 0.688. The number of aliphatic hydroxyl groups excluding tert-OH is 2. The van der Waals surface area contributed by atoms with Gasteiger partial charge in [-0.15, -0.1) is 0 Å². The van der Waals surface area contributed by atoms with Crippen LogP contribution in [-0.4, -0.2) is 44.7 Å². The summed E-state index contributed by atoms with van der Waals surface area (Å²) in [6.07, 6.45) is -2.27. The molecule has 0 radical (unpaired) electrons. The summed E-state index contributed by atoms with van der Waals surface area (Å²) in [5, 5.41) is 20.1. The molecular weight excluding hydrogens is 294 g/mol. The smallest absolute Gasteiger partial charge is 0.355 e. The molecule has 0 aliphatic heterocycles. The van der Waals surface area contributed by atoms with E-state index in [1.54, 1.807) is 20.8 Å². The van der Waals surface area contributed by atoms with Crippen LogP contribution in [0.5, 0.6) is 0 Å². The fourth-order valence-corrected chi connectivity index (χ4v) is 2.69. The van der Waals surface area contributed by atoms with Crippen molar-refractivity contribution in [3.8, 4) is 0 Å². The molecule has 0 amide bonds. The largest absolute Gasteiger partial charge is 0.461 e. The highest BCUT2D eigenvalue weighted by Crippen LogP contribution is 2.28. The number of aliphatic hydroxyl groups is 2. The third-order valence-corrected chi connectivity index (χ3v) is 4.01. The SMILES string of the molecule is CCOC(=O)c1[nH]c(C)c(C(O)C(O)CSC(C)=O)c1C. The Morgan fingerprint density at radius 3 is 2.48 bits per heavy atom. The van der Waals surface area contributed by atoms with Gasteiger partial charge in [-0.3, -0.25) is 4.79 Å². The first-order valence-electron chi connectivity index (χ1n) is 6.65. The van der Waals surface area contributed by atoms with Crippen LogP contribution in [0.15, 0.2) is 0 Å². The summed E-state index contributed by atoms with van der Waals surface area (Å²) in [7, 11) is 0. The van der Waals surface area contributed by atoms with E-state index in [4.69, 9.17) is 4.74 Å². The van der Waals surface area contributed by atoms with Gasteiger partial charge in [-0.1, -0.05) is 11.8 Å². The molecule has 1 rings (SSSR count). The zero-order valence-corrected chi connectivity index (χ0v) is 13.4. The van der Waals surface area contributed by atoms with Gasteiger partial charge in [-0.25, -0.2) is 4.79 Å². The predicted octanol–water partition coefficient (Wildman–Crippen LogP) is 1.48. The number of rotatable bonds is 6. The van der Waals surface area contributed by atoms with Gasteiger partial charge in [-0.2, -0.15) is 0 Å². The van der Waals surface area contributed by atoms with Gasteiger partial charge in [0.25, 0.3) is 0 Å². The molecule has 0 aliphatic carbocycles. The Morgan fingerprint density at radius 2 is 1.95 bits per heavy atom. The van der Waals surface area contributed by atoms with E-state index in [-0.39, 0.29) is 23.2 Å². The summed E-state index contributed by atoms with van der Waals surface area (Å²) < 4.78 is 4.93. The van der Waals surface area contributed by atoms with Crippen molar-refractivity contribution in [2.24, 2.45) is 0 Å². The summed E-state index contributed by atoms with van der Waals surface area (Å²) in [5.74, 6) is -0.404. The van der Waals surface area contributed by atoms with Crippen molar-refractivity contribution in [2.75, 3.05) is 12.4 Å². The van der Waals surface area contributed by atoms with E-state index in [0.717, 1.165) is 11.8 Å². The molecule has 1 heterocycles. The molecule has 6 nitrogen and oxygen atoms in total. The topological polar surface area (TPSA) is 99.6 Å². The highest BCUT2D eigenvalue weighted by molar-refractivity contribution is 8.13. The van der Waals surface area contributed by atoms with Crippen LogP contribution < -0.4 is 0 Å². The van der Waals surface area contributed by atoms with Crippen LogP contribution in [0.25, 0.3) is 0 Å². The first-order valence-corrected chi connectivity index (χ1v) is 7.63. The molecule has 0 aromatic carbocycles. The fourth-order valence-electron chi connectivity index (χ4n) is 2.10. The second kappa shape index (κ2) is 7.63. The highest BCUT2D eigenvalue weighted by Gasteiger charge is 2.27. The Kier molecular flexibility index (Phi) is 6.44. The van der Waals surface area contributed by atoms with Gasteiger partial charge in [-0.05, 0) is 26.3 Å². The van der Waals surface area contributed by atoms with Crippen LogP contribution in [0, 0.1) is 13.8 Å². The van der Waals surface area contributed by atoms with Gasteiger partial charge in [0.15, 0.2) is 5.12 Å². The van der Waals surface area contributed by atoms with Crippen molar-refractivity contribution in [1.82, 2.24) is 4.98 Å². The summed E-state index contributed by atoms with van der Waals surface area (Å²) in [4.78, 5) is 25.6. The molecule has 0 saturated heterocycles. The lowest BCUT2D eigenvalue weighted by Gasteiger charge is -2.18. The lowest BCUT2D eigenvalue weighted by atomic mass is 10.0. The molecular formula is C14H21NO5S. The monoisotopic (exact) mass is 315 g/mol. The maximum Gasteiger partial charge on any atom is 0.355 e. The van der Waals surface area contributed by atoms with Crippen LogP contribution in [0.1, 0.15) is 47.3 Å². The number of hydrogen-bond acceptors (Lipinski definition) is 6. The average Bonchev–Trinajstić information content (AvgIpc) is 2.70. The van der Waals surface area contributed by atoms with E-state index in [0.29, 0.717) is 16.8 Å². The van der Waals surface area contributed by atoms with Crippen LogP contribution in [0.4, 0.5) is 0 Å².